The maximum atomic E-state index is 11.5. The Morgan fingerprint density at radius 3 is 2.72 bits per heavy atom. The Kier molecular flexibility index (Phi) is 3.72. The number of fused-ring (bicyclic) bond motifs is 2. The molecule has 0 amide bonds. The van der Waals surface area contributed by atoms with Gasteiger partial charge in [0.15, 0.2) is 0 Å². The molecule has 1 saturated carbocycles. The quantitative estimate of drug-likeness (QED) is 0.722. The van der Waals surface area contributed by atoms with Gasteiger partial charge in [-0.3, -0.25) is 9.69 Å². The average molecular weight is 253 g/mol. The Morgan fingerprint density at radius 2 is 2.06 bits per heavy atom. The molecule has 1 saturated heterocycles. The summed E-state index contributed by atoms with van der Waals surface area (Å²) in [4.78, 5) is 14.0. The van der Waals surface area contributed by atoms with Crippen LogP contribution in [0.5, 0.6) is 0 Å². The number of carbonyl (C=O) groups excluding carboxylic acids is 1. The SMILES string of the molecule is CCOC(=O)CCN1CC2(C)CC1CC(C)(C)C2. The van der Waals surface area contributed by atoms with Crippen LogP contribution in [0.3, 0.4) is 0 Å². The predicted molar refractivity (Wildman–Crippen MR) is 72.4 cm³/mol. The summed E-state index contributed by atoms with van der Waals surface area (Å²) < 4.78 is 5.01. The summed E-state index contributed by atoms with van der Waals surface area (Å²) in [6.07, 6.45) is 4.43. The van der Waals surface area contributed by atoms with Gasteiger partial charge in [0.1, 0.15) is 0 Å². The zero-order valence-electron chi connectivity index (χ0n) is 12.3. The number of hydrogen-bond donors (Lipinski definition) is 0. The third kappa shape index (κ3) is 3.05. The molecule has 1 heterocycles. The number of ether oxygens (including phenoxy) is 1. The molecule has 0 spiro atoms. The van der Waals surface area contributed by atoms with Gasteiger partial charge in [0.05, 0.1) is 13.0 Å². The maximum Gasteiger partial charge on any atom is 0.307 e. The van der Waals surface area contributed by atoms with Crippen molar-refractivity contribution in [1.29, 1.82) is 0 Å². The summed E-state index contributed by atoms with van der Waals surface area (Å²) in [5, 5.41) is 0. The Hall–Kier alpha value is -0.570. The molecule has 0 N–H and O–H groups in total. The van der Waals surface area contributed by atoms with E-state index in [2.05, 4.69) is 25.7 Å². The van der Waals surface area contributed by atoms with Crippen molar-refractivity contribution in [2.75, 3.05) is 19.7 Å². The molecule has 2 aliphatic rings. The second kappa shape index (κ2) is 4.84. The molecule has 1 aliphatic heterocycles. The van der Waals surface area contributed by atoms with E-state index < -0.39 is 0 Å². The van der Waals surface area contributed by atoms with Crippen molar-refractivity contribution in [3.8, 4) is 0 Å². The minimum Gasteiger partial charge on any atom is -0.466 e. The average Bonchev–Trinajstić information content (AvgIpc) is 2.45. The van der Waals surface area contributed by atoms with E-state index in [0.717, 1.165) is 13.1 Å². The third-order valence-electron chi connectivity index (χ3n) is 4.43. The summed E-state index contributed by atoms with van der Waals surface area (Å²) in [6.45, 7) is 11.6. The topological polar surface area (TPSA) is 29.5 Å². The van der Waals surface area contributed by atoms with Crippen LogP contribution in [0.15, 0.2) is 0 Å². The van der Waals surface area contributed by atoms with Gasteiger partial charge >= 0.3 is 5.97 Å². The second-order valence-electron chi connectivity index (χ2n) is 7.24. The first kappa shape index (κ1) is 13.9. The van der Waals surface area contributed by atoms with Gasteiger partial charge in [0.2, 0.25) is 0 Å². The standard InChI is InChI=1S/C15H27NO2/c1-5-18-13(17)6-7-16-11-15(4)9-12(16)8-14(2,3)10-15/h12H,5-11H2,1-4H3. The van der Waals surface area contributed by atoms with E-state index in [1.807, 2.05) is 6.92 Å². The van der Waals surface area contributed by atoms with E-state index >= 15 is 0 Å². The smallest absolute Gasteiger partial charge is 0.307 e. The van der Waals surface area contributed by atoms with Gasteiger partial charge in [-0.25, -0.2) is 0 Å². The minimum absolute atomic E-state index is 0.0524. The molecule has 0 aromatic carbocycles. The molecule has 0 aromatic rings. The van der Waals surface area contributed by atoms with Crippen LogP contribution in [0.25, 0.3) is 0 Å². The zero-order valence-corrected chi connectivity index (χ0v) is 12.3. The number of likely N-dealkylation sites (tertiary alicyclic amines) is 1. The molecule has 1 aliphatic carbocycles. The number of carbonyl (C=O) groups is 1. The predicted octanol–water partition coefficient (Wildman–Crippen LogP) is 2.84. The first-order valence-electron chi connectivity index (χ1n) is 7.23. The molecular weight excluding hydrogens is 226 g/mol. The Labute approximate surface area is 111 Å². The van der Waals surface area contributed by atoms with Crippen LogP contribution >= 0.6 is 0 Å². The Balaban J connectivity index is 1.91. The molecule has 18 heavy (non-hydrogen) atoms. The molecule has 3 nitrogen and oxygen atoms in total. The summed E-state index contributed by atoms with van der Waals surface area (Å²) in [5.74, 6) is -0.0524. The Bertz CT molecular complexity index is 326. The fraction of sp³-hybridized carbons (Fsp3) is 0.933. The minimum atomic E-state index is -0.0524. The molecule has 2 unspecified atom stereocenters. The van der Waals surface area contributed by atoms with Gasteiger partial charge in [0, 0.05) is 19.1 Å². The molecule has 3 heteroatoms. The lowest BCUT2D eigenvalue weighted by atomic mass is 9.65. The van der Waals surface area contributed by atoms with Crippen LogP contribution in [0.1, 0.15) is 53.4 Å². The van der Waals surface area contributed by atoms with E-state index in [1.54, 1.807) is 0 Å². The molecule has 2 bridgehead atoms. The van der Waals surface area contributed by atoms with Crippen molar-refractivity contribution < 1.29 is 9.53 Å². The number of hydrogen-bond acceptors (Lipinski definition) is 3. The van der Waals surface area contributed by atoms with E-state index in [-0.39, 0.29) is 5.97 Å². The van der Waals surface area contributed by atoms with Crippen LogP contribution in [-0.2, 0) is 9.53 Å². The number of rotatable bonds is 4. The lowest BCUT2D eigenvalue weighted by Crippen LogP contribution is -2.35. The highest BCUT2D eigenvalue weighted by atomic mass is 16.5. The van der Waals surface area contributed by atoms with Crippen LogP contribution in [0, 0.1) is 10.8 Å². The van der Waals surface area contributed by atoms with Crippen LogP contribution in [0.2, 0.25) is 0 Å². The fourth-order valence-electron chi connectivity index (χ4n) is 4.31. The summed E-state index contributed by atoms with van der Waals surface area (Å²) in [6, 6.07) is 0.674. The zero-order chi connectivity index (χ0) is 13.4. The number of nitrogens with zero attached hydrogens (tertiary/aromatic N) is 1. The van der Waals surface area contributed by atoms with E-state index in [9.17, 15) is 4.79 Å². The molecule has 0 radical (unpaired) electrons. The summed E-state index contributed by atoms with van der Waals surface area (Å²) in [7, 11) is 0. The molecule has 2 atom stereocenters. The normalized spacial score (nSPS) is 34.6. The van der Waals surface area contributed by atoms with E-state index in [1.165, 1.54) is 19.3 Å². The van der Waals surface area contributed by atoms with Gasteiger partial charge in [0.25, 0.3) is 0 Å². The molecule has 104 valence electrons. The van der Waals surface area contributed by atoms with Crippen molar-refractivity contribution in [2.45, 2.75) is 59.4 Å². The molecule has 2 fully saturated rings. The van der Waals surface area contributed by atoms with Gasteiger partial charge in [-0.1, -0.05) is 20.8 Å². The van der Waals surface area contributed by atoms with Crippen LogP contribution in [-0.4, -0.2) is 36.6 Å². The summed E-state index contributed by atoms with van der Waals surface area (Å²) in [5.41, 5.74) is 0.914. The highest BCUT2D eigenvalue weighted by Crippen LogP contribution is 2.52. The van der Waals surface area contributed by atoms with Crippen LogP contribution in [0.4, 0.5) is 0 Å². The third-order valence-corrected chi connectivity index (χ3v) is 4.43. The Morgan fingerprint density at radius 1 is 1.33 bits per heavy atom. The second-order valence-corrected chi connectivity index (χ2v) is 7.24. The highest BCUT2D eigenvalue weighted by molar-refractivity contribution is 5.69. The van der Waals surface area contributed by atoms with E-state index in [4.69, 9.17) is 4.74 Å². The largest absolute Gasteiger partial charge is 0.466 e. The first-order valence-corrected chi connectivity index (χ1v) is 7.23. The van der Waals surface area contributed by atoms with E-state index in [0.29, 0.717) is 29.9 Å². The molecule has 0 aromatic heterocycles. The number of esters is 1. The van der Waals surface area contributed by atoms with Crippen molar-refractivity contribution in [2.24, 2.45) is 10.8 Å². The fourth-order valence-corrected chi connectivity index (χ4v) is 4.31. The van der Waals surface area contributed by atoms with Gasteiger partial charge in [-0.15, -0.1) is 0 Å². The highest BCUT2D eigenvalue weighted by Gasteiger charge is 2.49. The monoisotopic (exact) mass is 253 g/mol. The van der Waals surface area contributed by atoms with Crippen molar-refractivity contribution >= 4 is 5.97 Å². The van der Waals surface area contributed by atoms with Gasteiger partial charge in [-0.2, -0.15) is 0 Å². The van der Waals surface area contributed by atoms with Crippen molar-refractivity contribution in [3.05, 3.63) is 0 Å². The van der Waals surface area contributed by atoms with Crippen LogP contribution < -0.4 is 0 Å². The van der Waals surface area contributed by atoms with Gasteiger partial charge in [-0.05, 0) is 37.0 Å². The maximum absolute atomic E-state index is 11.5. The molecule has 2 rings (SSSR count). The van der Waals surface area contributed by atoms with Crippen molar-refractivity contribution in [1.82, 2.24) is 4.90 Å². The van der Waals surface area contributed by atoms with Gasteiger partial charge < -0.3 is 4.74 Å². The van der Waals surface area contributed by atoms with Crippen molar-refractivity contribution in [3.63, 3.8) is 0 Å². The lowest BCUT2D eigenvalue weighted by molar-refractivity contribution is -0.143. The lowest BCUT2D eigenvalue weighted by Gasteiger charge is -2.39. The first-order chi connectivity index (χ1) is 8.34. The summed E-state index contributed by atoms with van der Waals surface area (Å²) >= 11 is 0. The molecular formula is C15H27NO2.